The van der Waals surface area contributed by atoms with Gasteiger partial charge in [-0.1, -0.05) is 11.6 Å². The molecule has 112 valence electrons. The van der Waals surface area contributed by atoms with Gasteiger partial charge in [0.1, 0.15) is 11.6 Å². The third kappa shape index (κ3) is 4.10. The second-order valence-electron chi connectivity index (χ2n) is 3.96. The van der Waals surface area contributed by atoms with E-state index in [2.05, 4.69) is 20.6 Å². The maximum Gasteiger partial charge on any atom is 0.451 e. The highest BCUT2D eigenvalue weighted by atomic mass is 127. The topological polar surface area (TPSA) is 49.8 Å². The summed E-state index contributed by atoms with van der Waals surface area (Å²) in [5, 5.41) is 5.95. The van der Waals surface area contributed by atoms with Gasteiger partial charge in [0.05, 0.1) is 5.69 Å². The van der Waals surface area contributed by atoms with Gasteiger partial charge in [-0.3, -0.25) is 0 Å². The monoisotopic (exact) mass is 428 g/mol. The summed E-state index contributed by atoms with van der Waals surface area (Å²) in [6, 6.07) is 6.38. The van der Waals surface area contributed by atoms with Crippen LogP contribution in [0.4, 0.5) is 30.5 Å². The third-order valence-corrected chi connectivity index (χ3v) is 3.56. The molecule has 9 heteroatoms. The highest BCUT2D eigenvalue weighted by Crippen LogP contribution is 2.30. The molecule has 2 N–H and O–H groups in total. The van der Waals surface area contributed by atoms with Crippen molar-refractivity contribution in [2.45, 2.75) is 6.18 Å². The molecule has 4 nitrogen and oxygen atoms in total. The van der Waals surface area contributed by atoms with E-state index < -0.39 is 12.0 Å². The second kappa shape index (κ2) is 6.22. The highest BCUT2D eigenvalue weighted by Gasteiger charge is 2.35. The van der Waals surface area contributed by atoms with E-state index >= 15 is 0 Å². The van der Waals surface area contributed by atoms with Gasteiger partial charge in [0.25, 0.3) is 0 Å². The van der Waals surface area contributed by atoms with Crippen LogP contribution in [-0.2, 0) is 6.18 Å². The number of nitrogens with one attached hydrogen (secondary N) is 2. The Labute approximate surface area is 137 Å². The van der Waals surface area contributed by atoms with Gasteiger partial charge >= 0.3 is 6.18 Å². The molecule has 0 saturated heterocycles. The van der Waals surface area contributed by atoms with Gasteiger partial charge in [-0.15, -0.1) is 0 Å². The molecule has 21 heavy (non-hydrogen) atoms. The first kappa shape index (κ1) is 16.1. The zero-order valence-corrected chi connectivity index (χ0v) is 13.5. The summed E-state index contributed by atoms with van der Waals surface area (Å²) in [6.45, 7) is 0. The van der Waals surface area contributed by atoms with Crippen molar-refractivity contribution in [3.8, 4) is 0 Å². The number of aromatic nitrogens is 2. The Balaban J connectivity index is 2.39. The summed E-state index contributed by atoms with van der Waals surface area (Å²) in [5.41, 5.74) is 0.605. The largest absolute Gasteiger partial charge is 0.451 e. The van der Waals surface area contributed by atoms with Crippen LogP contribution in [0.1, 0.15) is 5.82 Å². The van der Waals surface area contributed by atoms with E-state index in [4.69, 9.17) is 11.6 Å². The van der Waals surface area contributed by atoms with Gasteiger partial charge in [0, 0.05) is 21.7 Å². The van der Waals surface area contributed by atoms with E-state index in [1.807, 2.05) is 22.6 Å². The molecule has 2 aromatic rings. The lowest BCUT2D eigenvalue weighted by Gasteiger charge is -2.12. The van der Waals surface area contributed by atoms with Gasteiger partial charge < -0.3 is 10.6 Å². The minimum absolute atomic E-state index is 0.0434. The molecule has 0 radical (unpaired) electrons. The predicted molar refractivity (Wildman–Crippen MR) is 84.0 cm³/mol. The zero-order valence-electron chi connectivity index (χ0n) is 10.6. The van der Waals surface area contributed by atoms with Gasteiger partial charge in [0.2, 0.25) is 5.82 Å². The van der Waals surface area contributed by atoms with Crippen molar-refractivity contribution >= 4 is 51.5 Å². The average Bonchev–Trinajstić information content (AvgIpc) is 2.40. The zero-order chi connectivity index (χ0) is 15.6. The Morgan fingerprint density at radius 1 is 1.14 bits per heavy atom. The summed E-state index contributed by atoms with van der Waals surface area (Å²) in [7, 11) is 1.48. The molecular formula is C12H9ClF3IN4. The molecule has 1 aromatic carbocycles. The Bertz CT molecular complexity index is 663. The minimum atomic E-state index is -4.61. The quantitative estimate of drug-likeness (QED) is 0.705. The predicted octanol–water partition coefficient (Wildman–Crippen LogP) is 4.54. The highest BCUT2D eigenvalue weighted by molar-refractivity contribution is 14.1. The van der Waals surface area contributed by atoms with Crippen LogP contribution < -0.4 is 10.6 Å². The Morgan fingerprint density at radius 2 is 1.81 bits per heavy atom. The van der Waals surface area contributed by atoms with Crippen molar-refractivity contribution in [1.29, 1.82) is 0 Å². The number of hydrogen-bond acceptors (Lipinski definition) is 4. The summed E-state index contributed by atoms with van der Waals surface area (Å²) in [4.78, 5) is 6.88. The Morgan fingerprint density at radius 3 is 2.38 bits per heavy atom. The van der Waals surface area contributed by atoms with Crippen LogP contribution in [0.25, 0.3) is 0 Å². The fourth-order valence-electron chi connectivity index (χ4n) is 1.49. The van der Waals surface area contributed by atoms with E-state index in [1.54, 1.807) is 18.2 Å². The molecule has 0 aliphatic heterocycles. The fraction of sp³-hybridized carbons (Fsp3) is 0.167. The minimum Gasteiger partial charge on any atom is -0.373 e. The molecule has 0 amide bonds. The summed E-state index contributed by atoms with van der Waals surface area (Å²) < 4.78 is 39.0. The molecule has 1 aromatic heterocycles. The maximum absolute atomic E-state index is 12.8. The van der Waals surface area contributed by atoms with Crippen molar-refractivity contribution in [3.63, 3.8) is 0 Å². The number of hydrogen-bond donors (Lipinski definition) is 2. The molecule has 0 bridgehead atoms. The number of alkyl halides is 3. The number of benzene rings is 1. The third-order valence-electron chi connectivity index (χ3n) is 2.43. The number of halogens is 5. The molecule has 2 rings (SSSR count). The molecule has 0 aliphatic carbocycles. The molecule has 0 atom stereocenters. The Hall–Kier alpha value is -1.29. The first-order valence-corrected chi connectivity index (χ1v) is 7.11. The standard InChI is InChI=1S/C12H9ClF3IN4/c1-18-9-5-10(21-11(20-9)12(14,15)16)19-8-3-2-6(13)4-7(8)17/h2-5H,1H3,(H2,18,19,20,21). The molecule has 0 aliphatic rings. The van der Waals surface area contributed by atoms with Crippen LogP contribution in [0.2, 0.25) is 5.02 Å². The van der Waals surface area contributed by atoms with Gasteiger partial charge in [0.15, 0.2) is 0 Å². The van der Waals surface area contributed by atoms with Crippen LogP contribution in [0.15, 0.2) is 24.3 Å². The molecule has 1 heterocycles. The van der Waals surface area contributed by atoms with Crippen molar-refractivity contribution in [1.82, 2.24) is 9.97 Å². The molecule has 0 spiro atoms. The van der Waals surface area contributed by atoms with E-state index in [0.29, 0.717) is 10.7 Å². The lowest BCUT2D eigenvalue weighted by Crippen LogP contribution is -2.13. The van der Waals surface area contributed by atoms with Gasteiger partial charge in [-0.05, 0) is 40.8 Å². The SMILES string of the molecule is CNc1cc(Nc2ccc(Cl)cc2I)nc(C(F)(F)F)n1. The number of anilines is 3. The summed E-state index contributed by atoms with van der Waals surface area (Å²) in [5.74, 6) is -1.09. The van der Waals surface area contributed by atoms with E-state index in [1.165, 1.54) is 13.1 Å². The summed E-state index contributed by atoms with van der Waals surface area (Å²) in [6.07, 6.45) is -4.61. The van der Waals surface area contributed by atoms with Crippen molar-refractivity contribution in [3.05, 3.63) is 38.7 Å². The molecular weight excluding hydrogens is 420 g/mol. The molecule has 0 saturated carbocycles. The number of nitrogens with zero attached hydrogens (tertiary/aromatic N) is 2. The van der Waals surface area contributed by atoms with Crippen LogP contribution in [0.3, 0.4) is 0 Å². The number of rotatable bonds is 3. The molecule has 0 fully saturated rings. The average molecular weight is 429 g/mol. The lowest BCUT2D eigenvalue weighted by atomic mass is 10.3. The second-order valence-corrected chi connectivity index (χ2v) is 5.56. The summed E-state index contributed by atoms with van der Waals surface area (Å²) >= 11 is 7.86. The fourth-order valence-corrected chi connectivity index (χ4v) is 2.50. The van der Waals surface area contributed by atoms with Crippen LogP contribution in [0.5, 0.6) is 0 Å². The lowest BCUT2D eigenvalue weighted by molar-refractivity contribution is -0.144. The van der Waals surface area contributed by atoms with Crippen molar-refractivity contribution in [2.75, 3.05) is 17.7 Å². The first-order chi connectivity index (χ1) is 9.79. The normalized spacial score (nSPS) is 11.3. The van der Waals surface area contributed by atoms with Gasteiger partial charge in [-0.25, -0.2) is 9.97 Å². The van der Waals surface area contributed by atoms with E-state index in [9.17, 15) is 13.2 Å². The van der Waals surface area contributed by atoms with Gasteiger partial charge in [-0.2, -0.15) is 13.2 Å². The molecule has 0 unspecified atom stereocenters. The van der Waals surface area contributed by atoms with Crippen LogP contribution in [-0.4, -0.2) is 17.0 Å². The van der Waals surface area contributed by atoms with Crippen LogP contribution in [0, 0.1) is 3.57 Å². The van der Waals surface area contributed by atoms with Crippen molar-refractivity contribution < 1.29 is 13.2 Å². The smallest absolute Gasteiger partial charge is 0.373 e. The maximum atomic E-state index is 12.8. The van der Waals surface area contributed by atoms with E-state index in [0.717, 1.165) is 3.57 Å². The Kier molecular flexibility index (Phi) is 4.77. The van der Waals surface area contributed by atoms with Crippen molar-refractivity contribution in [2.24, 2.45) is 0 Å². The first-order valence-electron chi connectivity index (χ1n) is 5.65. The van der Waals surface area contributed by atoms with Crippen LogP contribution >= 0.6 is 34.2 Å². The van der Waals surface area contributed by atoms with E-state index in [-0.39, 0.29) is 11.6 Å².